The second kappa shape index (κ2) is 8.04. The van der Waals surface area contributed by atoms with E-state index in [1.54, 1.807) is 6.07 Å². The van der Waals surface area contributed by atoms with Gasteiger partial charge in [-0.1, -0.05) is 56.0 Å². The van der Waals surface area contributed by atoms with Gasteiger partial charge >= 0.3 is 0 Å². The Balaban J connectivity index is 2.34. The predicted molar refractivity (Wildman–Crippen MR) is 81.6 cm³/mol. The molecule has 0 bridgehead atoms. The molecule has 1 N–H and O–H groups in total. The highest BCUT2D eigenvalue weighted by Gasteiger charge is 2.09. The Morgan fingerprint density at radius 1 is 1.11 bits per heavy atom. The first-order valence-corrected chi connectivity index (χ1v) is 7.44. The summed E-state index contributed by atoms with van der Waals surface area (Å²) in [4.78, 5) is 0. The molecule has 1 aromatic carbocycles. The van der Waals surface area contributed by atoms with Crippen molar-refractivity contribution in [2.24, 2.45) is 5.92 Å². The van der Waals surface area contributed by atoms with Crippen molar-refractivity contribution >= 4 is 23.2 Å². The molecule has 0 fully saturated rings. The van der Waals surface area contributed by atoms with Gasteiger partial charge in [-0.05, 0) is 43.5 Å². The zero-order chi connectivity index (χ0) is 13.5. The van der Waals surface area contributed by atoms with Gasteiger partial charge in [0.05, 0.1) is 0 Å². The van der Waals surface area contributed by atoms with Crippen LogP contribution in [0.5, 0.6) is 0 Å². The second-order valence-corrected chi connectivity index (χ2v) is 6.07. The lowest BCUT2D eigenvalue weighted by atomic mass is 10.1. The fraction of sp³-hybridized carbons (Fsp3) is 0.600. The van der Waals surface area contributed by atoms with E-state index in [0.717, 1.165) is 23.0 Å². The van der Waals surface area contributed by atoms with Crippen molar-refractivity contribution in [3.63, 3.8) is 0 Å². The van der Waals surface area contributed by atoms with E-state index in [9.17, 15) is 0 Å². The van der Waals surface area contributed by atoms with E-state index in [1.807, 2.05) is 12.1 Å². The van der Waals surface area contributed by atoms with Gasteiger partial charge in [0.2, 0.25) is 0 Å². The number of halogens is 2. The maximum atomic E-state index is 6.18. The molecule has 0 saturated carbocycles. The van der Waals surface area contributed by atoms with Gasteiger partial charge in [-0.25, -0.2) is 0 Å². The molecule has 0 aliphatic carbocycles. The number of benzene rings is 1. The summed E-state index contributed by atoms with van der Waals surface area (Å²) in [5.41, 5.74) is 1.12. The van der Waals surface area contributed by atoms with E-state index >= 15 is 0 Å². The molecular weight excluding hydrogens is 265 g/mol. The van der Waals surface area contributed by atoms with Crippen LogP contribution >= 0.6 is 23.2 Å². The van der Waals surface area contributed by atoms with Crippen LogP contribution in [0.3, 0.4) is 0 Å². The smallest absolute Gasteiger partial charge is 0.0468 e. The van der Waals surface area contributed by atoms with Crippen LogP contribution in [-0.2, 0) is 0 Å². The van der Waals surface area contributed by atoms with Gasteiger partial charge in [-0.3, -0.25) is 0 Å². The van der Waals surface area contributed by atoms with Gasteiger partial charge in [-0.15, -0.1) is 0 Å². The molecule has 0 aliphatic heterocycles. The van der Waals surface area contributed by atoms with Crippen LogP contribution in [0.15, 0.2) is 18.2 Å². The molecule has 0 radical (unpaired) electrons. The van der Waals surface area contributed by atoms with Crippen molar-refractivity contribution in [1.82, 2.24) is 5.32 Å². The standard InChI is InChI=1S/C15H23Cl2N/c1-11(2)6-4-5-9-18-12(3)14-8-7-13(16)10-15(14)17/h7-8,10-12,18H,4-6,9H2,1-3H3. The fourth-order valence-electron chi connectivity index (χ4n) is 1.96. The minimum Gasteiger partial charge on any atom is -0.310 e. The lowest BCUT2D eigenvalue weighted by molar-refractivity contribution is 0.498. The van der Waals surface area contributed by atoms with E-state index in [4.69, 9.17) is 23.2 Å². The Kier molecular flexibility index (Phi) is 7.06. The van der Waals surface area contributed by atoms with Crippen LogP contribution in [0.1, 0.15) is 51.6 Å². The molecular formula is C15H23Cl2N. The molecule has 1 aromatic rings. The first-order chi connectivity index (χ1) is 8.50. The minimum atomic E-state index is 0.272. The normalized spacial score (nSPS) is 13.0. The van der Waals surface area contributed by atoms with E-state index in [2.05, 4.69) is 26.1 Å². The summed E-state index contributed by atoms with van der Waals surface area (Å²) in [6.45, 7) is 7.71. The molecule has 0 spiro atoms. The average molecular weight is 288 g/mol. The SMILES string of the molecule is CC(C)CCCCNC(C)c1ccc(Cl)cc1Cl. The molecule has 102 valence electrons. The highest BCUT2D eigenvalue weighted by molar-refractivity contribution is 6.35. The quantitative estimate of drug-likeness (QED) is 0.656. The maximum absolute atomic E-state index is 6.18. The molecule has 0 saturated heterocycles. The number of nitrogens with one attached hydrogen (secondary N) is 1. The lowest BCUT2D eigenvalue weighted by Gasteiger charge is -2.16. The van der Waals surface area contributed by atoms with Gasteiger partial charge in [0.15, 0.2) is 0 Å². The summed E-state index contributed by atoms with van der Waals surface area (Å²) in [6, 6.07) is 5.96. The van der Waals surface area contributed by atoms with E-state index in [-0.39, 0.29) is 6.04 Å². The first-order valence-electron chi connectivity index (χ1n) is 6.69. The summed E-state index contributed by atoms with van der Waals surface area (Å²) in [5.74, 6) is 0.799. The van der Waals surface area contributed by atoms with Gasteiger partial charge in [0, 0.05) is 16.1 Å². The third kappa shape index (κ3) is 5.60. The molecule has 0 aliphatic rings. The highest BCUT2D eigenvalue weighted by atomic mass is 35.5. The Hall–Kier alpha value is -0.240. The van der Waals surface area contributed by atoms with Crippen LogP contribution in [0, 0.1) is 5.92 Å². The molecule has 1 unspecified atom stereocenters. The molecule has 3 heteroatoms. The van der Waals surface area contributed by atoms with Crippen LogP contribution < -0.4 is 5.32 Å². The monoisotopic (exact) mass is 287 g/mol. The Labute approximate surface area is 121 Å². The predicted octanol–water partition coefficient (Wildman–Crippen LogP) is 5.47. The van der Waals surface area contributed by atoms with Crippen molar-refractivity contribution in [3.8, 4) is 0 Å². The summed E-state index contributed by atoms with van der Waals surface area (Å²) < 4.78 is 0. The summed E-state index contributed by atoms with van der Waals surface area (Å²) in [7, 11) is 0. The number of hydrogen-bond acceptors (Lipinski definition) is 1. The summed E-state index contributed by atoms with van der Waals surface area (Å²) in [6.07, 6.45) is 3.80. The highest BCUT2D eigenvalue weighted by Crippen LogP contribution is 2.26. The van der Waals surface area contributed by atoms with E-state index in [1.165, 1.54) is 19.3 Å². The Bertz CT molecular complexity index is 364. The number of rotatable bonds is 7. The van der Waals surface area contributed by atoms with Crippen molar-refractivity contribution in [2.45, 2.75) is 46.1 Å². The first kappa shape index (κ1) is 15.8. The molecule has 0 heterocycles. The second-order valence-electron chi connectivity index (χ2n) is 5.23. The Morgan fingerprint density at radius 3 is 2.44 bits per heavy atom. The van der Waals surface area contributed by atoms with Gasteiger partial charge in [-0.2, -0.15) is 0 Å². The molecule has 1 rings (SSSR count). The maximum Gasteiger partial charge on any atom is 0.0468 e. The summed E-state index contributed by atoms with van der Waals surface area (Å²) >= 11 is 12.1. The molecule has 1 nitrogen and oxygen atoms in total. The fourth-order valence-corrected chi connectivity index (χ4v) is 2.53. The third-order valence-corrected chi connectivity index (χ3v) is 3.65. The van der Waals surface area contributed by atoms with Crippen molar-refractivity contribution < 1.29 is 0 Å². The minimum absolute atomic E-state index is 0.272. The van der Waals surface area contributed by atoms with Crippen LogP contribution in [0.4, 0.5) is 0 Å². The molecule has 0 aromatic heterocycles. The summed E-state index contributed by atoms with van der Waals surface area (Å²) in [5, 5.41) is 4.93. The van der Waals surface area contributed by atoms with E-state index < -0.39 is 0 Å². The number of unbranched alkanes of at least 4 members (excludes halogenated alkanes) is 1. The van der Waals surface area contributed by atoms with Crippen LogP contribution in [0.25, 0.3) is 0 Å². The Morgan fingerprint density at radius 2 is 1.83 bits per heavy atom. The zero-order valence-electron chi connectivity index (χ0n) is 11.5. The molecule has 18 heavy (non-hydrogen) atoms. The largest absolute Gasteiger partial charge is 0.310 e. The van der Waals surface area contributed by atoms with Crippen molar-refractivity contribution in [1.29, 1.82) is 0 Å². The zero-order valence-corrected chi connectivity index (χ0v) is 13.0. The van der Waals surface area contributed by atoms with Crippen molar-refractivity contribution in [2.75, 3.05) is 6.54 Å². The lowest BCUT2D eigenvalue weighted by Crippen LogP contribution is -2.20. The van der Waals surface area contributed by atoms with Gasteiger partial charge in [0.1, 0.15) is 0 Å². The van der Waals surface area contributed by atoms with E-state index in [0.29, 0.717) is 5.02 Å². The van der Waals surface area contributed by atoms with Crippen LogP contribution in [-0.4, -0.2) is 6.54 Å². The van der Waals surface area contributed by atoms with Gasteiger partial charge < -0.3 is 5.32 Å². The number of hydrogen-bond donors (Lipinski definition) is 1. The average Bonchev–Trinajstić information content (AvgIpc) is 2.27. The molecule has 0 amide bonds. The van der Waals surface area contributed by atoms with Crippen molar-refractivity contribution in [3.05, 3.63) is 33.8 Å². The molecule has 1 atom stereocenters. The third-order valence-electron chi connectivity index (χ3n) is 3.09. The van der Waals surface area contributed by atoms with Gasteiger partial charge in [0.25, 0.3) is 0 Å². The topological polar surface area (TPSA) is 12.0 Å². The van der Waals surface area contributed by atoms with Crippen LogP contribution in [0.2, 0.25) is 10.0 Å².